The molecule has 1 aliphatic heterocycles. The summed E-state index contributed by atoms with van der Waals surface area (Å²) < 4.78 is 36.2. The monoisotopic (exact) mass is 531 g/mol. The summed E-state index contributed by atoms with van der Waals surface area (Å²) in [6.07, 6.45) is -1.88. The van der Waals surface area contributed by atoms with Gasteiger partial charge in [-0.25, -0.2) is 9.36 Å². The molecule has 0 aliphatic carbocycles. The number of nitrogens with one attached hydrogen (secondary N) is 2. The lowest BCUT2D eigenvalue weighted by Crippen LogP contribution is -2.49. The third-order valence-electron chi connectivity index (χ3n) is 4.96. The number of H-pyrrole nitrogens is 1. The number of ether oxygens (including phenoxy) is 2. The van der Waals surface area contributed by atoms with Gasteiger partial charge in [0.1, 0.15) is 24.0 Å². The lowest BCUT2D eigenvalue weighted by atomic mass is 10.1. The summed E-state index contributed by atoms with van der Waals surface area (Å²) in [7, 11) is -4.20. The van der Waals surface area contributed by atoms with Crippen molar-refractivity contribution in [3.63, 3.8) is 0 Å². The third kappa shape index (κ3) is 6.60. The molecule has 2 heterocycles. The van der Waals surface area contributed by atoms with Crippen LogP contribution in [0.2, 0.25) is 0 Å². The van der Waals surface area contributed by atoms with E-state index in [4.69, 9.17) is 30.1 Å². The van der Waals surface area contributed by atoms with Crippen molar-refractivity contribution in [2.75, 3.05) is 13.2 Å². The third-order valence-corrected chi connectivity index (χ3v) is 7.12. The Bertz CT molecular complexity index is 1190. The number of para-hydroxylation sites is 1. The Hall–Kier alpha value is -2.47. The van der Waals surface area contributed by atoms with Gasteiger partial charge in [0.2, 0.25) is 0 Å². The zero-order chi connectivity index (χ0) is 25.8. The molecule has 3 rings (SSSR count). The summed E-state index contributed by atoms with van der Waals surface area (Å²) in [5.41, 5.74) is -1.47. The maximum Gasteiger partial charge on any atom is 0.459 e. The Morgan fingerprint density at radius 1 is 1.31 bits per heavy atom. The number of aliphatic hydroxyl groups excluding tert-OH is 1. The molecule has 192 valence electrons. The molecule has 1 fully saturated rings. The molecule has 1 aromatic heterocycles. The largest absolute Gasteiger partial charge is 0.462 e. The first kappa shape index (κ1) is 27.1. The average molecular weight is 532 g/mol. The van der Waals surface area contributed by atoms with Crippen molar-refractivity contribution in [2.45, 2.75) is 50.1 Å². The fourth-order valence-corrected chi connectivity index (χ4v) is 5.09. The highest BCUT2D eigenvalue weighted by Crippen LogP contribution is 2.46. The van der Waals surface area contributed by atoms with Crippen molar-refractivity contribution >= 4 is 25.3 Å². The normalized spacial score (nSPS) is 24.6. The number of hydrogen-bond donors (Lipinski definition) is 3. The van der Waals surface area contributed by atoms with E-state index in [0.717, 1.165) is 16.8 Å². The summed E-state index contributed by atoms with van der Waals surface area (Å²) in [4.78, 5) is 36.1. The van der Waals surface area contributed by atoms with E-state index in [-0.39, 0.29) is 12.4 Å². The first-order valence-corrected chi connectivity index (χ1v) is 12.6. The molecule has 1 aromatic carbocycles. The van der Waals surface area contributed by atoms with Crippen LogP contribution in [-0.4, -0.2) is 58.2 Å². The minimum absolute atomic E-state index is 0.201. The standard InChI is InChI=1S/C21H27ClN3O9P/c1-13(2)33-19(28)14(3)24-35(30,34-15-7-5-4-6-8-15)32-11-16-18(27)21(22,12-31-16)25-10-9-17(26)23-20(25)29/h4-10,13-14,16,18,27H,11-12H2,1-3H3,(H,24,30)(H,23,26,29). The van der Waals surface area contributed by atoms with Crippen molar-refractivity contribution in [3.8, 4) is 5.75 Å². The van der Waals surface area contributed by atoms with Gasteiger partial charge in [0.05, 0.1) is 19.3 Å². The van der Waals surface area contributed by atoms with Crippen LogP contribution in [0.3, 0.4) is 0 Å². The number of aromatic nitrogens is 2. The lowest BCUT2D eigenvalue weighted by Gasteiger charge is -2.28. The van der Waals surface area contributed by atoms with Gasteiger partial charge < -0.3 is 19.1 Å². The molecular weight excluding hydrogens is 505 g/mol. The molecule has 0 bridgehead atoms. The molecule has 12 nitrogen and oxygen atoms in total. The summed E-state index contributed by atoms with van der Waals surface area (Å²) in [6, 6.07) is 8.15. The fourth-order valence-electron chi connectivity index (χ4n) is 3.25. The van der Waals surface area contributed by atoms with Crippen LogP contribution in [0.5, 0.6) is 5.75 Å². The van der Waals surface area contributed by atoms with Gasteiger partial charge in [-0.1, -0.05) is 29.8 Å². The Kier molecular flexibility index (Phi) is 8.58. The van der Waals surface area contributed by atoms with Gasteiger partial charge in [0.25, 0.3) is 5.56 Å². The highest BCUT2D eigenvalue weighted by molar-refractivity contribution is 7.52. The molecule has 0 spiro atoms. The molecule has 35 heavy (non-hydrogen) atoms. The number of esters is 1. The number of rotatable bonds is 10. The Morgan fingerprint density at radius 2 is 2.00 bits per heavy atom. The van der Waals surface area contributed by atoms with Crippen molar-refractivity contribution in [2.24, 2.45) is 0 Å². The van der Waals surface area contributed by atoms with Gasteiger partial charge in [-0.05, 0) is 32.9 Å². The average Bonchev–Trinajstić information content (AvgIpc) is 3.07. The molecule has 3 N–H and O–H groups in total. The molecule has 1 saturated heterocycles. The van der Waals surface area contributed by atoms with Crippen LogP contribution < -0.4 is 20.9 Å². The second-order valence-corrected chi connectivity index (χ2v) is 10.5. The van der Waals surface area contributed by atoms with Crippen molar-refractivity contribution in [3.05, 3.63) is 63.4 Å². The van der Waals surface area contributed by atoms with Crippen LogP contribution in [0.25, 0.3) is 0 Å². The number of hydrogen-bond acceptors (Lipinski definition) is 9. The van der Waals surface area contributed by atoms with Gasteiger partial charge in [0.15, 0.2) is 5.00 Å². The van der Waals surface area contributed by atoms with E-state index < -0.39 is 60.9 Å². The zero-order valence-electron chi connectivity index (χ0n) is 19.3. The van der Waals surface area contributed by atoms with E-state index in [2.05, 4.69) is 10.1 Å². The van der Waals surface area contributed by atoms with Crippen LogP contribution in [0, 0.1) is 0 Å². The molecule has 2 aromatic rings. The minimum Gasteiger partial charge on any atom is -0.462 e. The summed E-state index contributed by atoms with van der Waals surface area (Å²) in [5, 5.41) is 13.3. The van der Waals surface area contributed by atoms with Gasteiger partial charge in [-0.2, -0.15) is 5.09 Å². The molecule has 0 saturated carbocycles. The number of aliphatic hydroxyl groups is 1. The van der Waals surface area contributed by atoms with Crippen LogP contribution in [0.1, 0.15) is 20.8 Å². The second-order valence-electron chi connectivity index (χ2n) is 8.13. The maximum absolute atomic E-state index is 13.5. The minimum atomic E-state index is -4.20. The highest BCUT2D eigenvalue weighted by Gasteiger charge is 2.51. The SMILES string of the molecule is CC(C)OC(=O)C(C)NP(=O)(OCC1OCC(Cl)(n2ccc(=O)[nH]c2=O)C1O)Oc1ccccc1. The van der Waals surface area contributed by atoms with Crippen LogP contribution in [-0.2, 0) is 28.4 Å². The Morgan fingerprint density at radius 3 is 2.63 bits per heavy atom. The number of carbonyl (C=O) groups excluding carboxylic acids is 1. The maximum atomic E-state index is 13.5. The summed E-state index contributed by atoms with van der Waals surface area (Å²) in [5.74, 6) is -0.470. The molecule has 5 atom stereocenters. The van der Waals surface area contributed by atoms with E-state index >= 15 is 0 Å². The second kappa shape index (κ2) is 11.1. The van der Waals surface area contributed by atoms with Crippen molar-refractivity contribution < 1.29 is 33.0 Å². The van der Waals surface area contributed by atoms with Gasteiger partial charge in [-0.15, -0.1) is 0 Å². The van der Waals surface area contributed by atoms with E-state index in [1.807, 2.05) is 0 Å². The lowest BCUT2D eigenvalue weighted by molar-refractivity contribution is -0.149. The molecule has 5 unspecified atom stereocenters. The smallest absolute Gasteiger partial charge is 0.459 e. The summed E-state index contributed by atoms with van der Waals surface area (Å²) >= 11 is 6.49. The quantitative estimate of drug-likeness (QED) is 0.232. The molecule has 1 aliphatic rings. The number of halogens is 1. The van der Waals surface area contributed by atoms with Gasteiger partial charge in [-0.3, -0.25) is 23.7 Å². The molecule has 0 amide bonds. The number of benzene rings is 1. The number of aromatic amines is 1. The molecular formula is C21H27ClN3O9P. The first-order valence-electron chi connectivity index (χ1n) is 10.7. The fraction of sp³-hybridized carbons (Fsp3) is 0.476. The molecule has 0 radical (unpaired) electrons. The zero-order valence-corrected chi connectivity index (χ0v) is 20.9. The summed E-state index contributed by atoms with van der Waals surface area (Å²) in [6.45, 7) is 3.99. The Balaban J connectivity index is 1.76. The molecule has 14 heteroatoms. The Labute approximate surface area is 205 Å². The van der Waals surface area contributed by atoms with Crippen molar-refractivity contribution in [1.29, 1.82) is 0 Å². The van der Waals surface area contributed by atoms with Crippen LogP contribution >= 0.6 is 19.3 Å². The number of nitrogens with zero attached hydrogens (tertiary/aromatic N) is 1. The number of carbonyl (C=O) groups is 1. The highest BCUT2D eigenvalue weighted by atomic mass is 35.5. The van der Waals surface area contributed by atoms with Crippen LogP contribution in [0.15, 0.2) is 52.2 Å². The van der Waals surface area contributed by atoms with Crippen LogP contribution in [0.4, 0.5) is 0 Å². The first-order chi connectivity index (χ1) is 16.4. The predicted molar refractivity (Wildman–Crippen MR) is 125 cm³/mol. The van der Waals surface area contributed by atoms with Gasteiger partial charge >= 0.3 is 19.4 Å². The van der Waals surface area contributed by atoms with E-state index in [9.17, 15) is 24.1 Å². The predicted octanol–water partition coefficient (Wildman–Crippen LogP) is 1.32. The van der Waals surface area contributed by atoms with Gasteiger partial charge in [0, 0.05) is 12.3 Å². The van der Waals surface area contributed by atoms with E-state index in [1.54, 1.807) is 44.2 Å². The van der Waals surface area contributed by atoms with Crippen molar-refractivity contribution in [1.82, 2.24) is 14.6 Å². The topological polar surface area (TPSA) is 158 Å². The van der Waals surface area contributed by atoms with E-state index in [1.165, 1.54) is 6.92 Å². The van der Waals surface area contributed by atoms with E-state index in [0.29, 0.717) is 0 Å². The number of alkyl halides is 1.